The van der Waals surface area contributed by atoms with Crippen LogP contribution in [0.1, 0.15) is 18.0 Å². The summed E-state index contributed by atoms with van der Waals surface area (Å²) in [4.78, 5) is 14.2. The molecule has 1 saturated heterocycles. The molecule has 1 N–H and O–H groups in total. The number of hydrogen-bond acceptors (Lipinski definition) is 7. The summed E-state index contributed by atoms with van der Waals surface area (Å²) in [5.41, 5.74) is 1.66. The van der Waals surface area contributed by atoms with Gasteiger partial charge in [-0.15, -0.1) is 10.2 Å². The first-order valence-corrected chi connectivity index (χ1v) is 8.52. The van der Waals surface area contributed by atoms with Crippen LogP contribution in [0.4, 0.5) is 0 Å². The zero-order valence-corrected chi connectivity index (χ0v) is 14.7. The Morgan fingerprint density at radius 2 is 2.12 bits per heavy atom. The second kappa shape index (κ2) is 8.21. The molecule has 1 fully saturated rings. The molecule has 0 bridgehead atoms. The van der Waals surface area contributed by atoms with Gasteiger partial charge in [0.25, 0.3) is 5.89 Å². The maximum absolute atomic E-state index is 11.9. The number of nitrogens with one attached hydrogen (secondary N) is 1. The molecule has 9 nitrogen and oxygen atoms in total. The van der Waals surface area contributed by atoms with Crippen LogP contribution < -0.4 is 5.32 Å². The van der Waals surface area contributed by atoms with E-state index in [9.17, 15) is 4.79 Å². The Hall–Kier alpha value is -2.26. The summed E-state index contributed by atoms with van der Waals surface area (Å²) in [6.07, 6.45) is 0.752. The number of amides is 1. The maximum Gasteiger partial charge on any atom is 0.265 e. The number of morpholine rings is 1. The maximum atomic E-state index is 11.9. The molecule has 9 heteroatoms. The molecule has 1 amide bonds. The van der Waals surface area contributed by atoms with E-state index >= 15 is 0 Å². The lowest BCUT2D eigenvalue weighted by Gasteiger charge is -2.26. The van der Waals surface area contributed by atoms with Crippen molar-refractivity contribution < 1.29 is 13.9 Å². The molecular weight excluding hydrogens is 324 g/mol. The van der Waals surface area contributed by atoms with Crippen molar-refractivity contribution in [2.45, 2.75) is 19.8 Å². The molecule has 0 saturated carbocycles. The van der Waals surface area contributed by atoms with Gasteiger partial charge in [-0.25, -0.2) is 0 Å². The van der Waals surface area contributed by atoms with Crippen LogP contribution in [-0.4, -0.2) is 70.2 Å². The van der Waals surface area contributed by atoms with E-state index in [0.717, 1.165) is 44.2 Å². The minimum absolute atomic E-state index is 0.00983. The monoisotopic (exact) mass is 348 g/mol. The summed E-state index contributed by atoms with van der Waals surface area (Å²) in [6, 6.07) is 1.88. The van der Waals surface area contributed by atoms with Gasteiger partial charge in [-0.2, -0.15) is 5.10 Å². The third kappa shape index (κ3) is 4.86. The van der Waals surface area contributed by atoms with Gasteiger partial charge >= 0.3 is 0 Å². The molecule has 0 radical (unpaired) electrons. The third-order valence-corrected chi connectivity index (χ3v) is 4.11. The van der Waals surface area contributed by atoms with Crippen LogP contribution in [0.3, 0.4) is 0 Å². The van der Waals surface area contributed by atoms with Crippen LogP contribution >= 0.6 is 0 Å². The van der Waals surface area contributed by atoms with Crippen LogP contribution in [0.2, 0.25) is 0 Å². The van der Waals surface area contributed by atoms with Crippen molar-refractivity contribution in [3.8, 4) is 11.6 Å². The molecular formula is C16H24N6O3. The molecule has 1 aliphatic heterocycles. The lowest BCUT2D eigenvalue weighted by atomic mass is 10.3. The zero-order valence-electron chi connectivity index (χ0n) is 14.7. The molecule has 136 valence electrons. The van der Waals surface area contributed by atoms with Gasteiger partial charge in [-0.05, 0) is 13.0 Å². The average Bonchev–Trinajstić information content (AvgIpc) is 3.20. The van der Waals surface area contributed by atoms with Gasteiger partial charge in [0.2, 0.25) is 11.8 Å². The lowest BCUT2D eigenvalue weighted by Crippen LogP contribution is -2.41. The van der Waals surface area contributed by atoms with E-state index in [0.29, 0.717) is 31.2 Å². The van der Waals surface area contributed by atoms with Crippen LogP contribution in [0.25, 0.3) is 11.6 Å². The molecule has 0 aromatic carbocycles. The van der Waals surface area contributed by atoms with Gasteiger partial charge < -0.3 is 14.5 Å². The molecule has 0 unspecified atom stereocenters. The predicted molar refractivity (Wildman–Crippen MR) is 89.8 cm³/mol. The standard InChI is InChI=1S/C16H24N6O3/c1-12-11-13(21(2)20-12)16-19-18-15(25-16)4-3-14(23)17-5-6-22-7-9-24-10-8-22/h11H,3-10H2,1-2H3,(H,17,23). The first kappa shape index (κ1) is 17.6. The number of aromatic nitrogens is 4. The van der Waals surface area contributed by atoms with Crippen molar-refractivity contribution in [2.75, 3.05) is 39.4 Å². The molecule has 2 aromatic heterocycles. The number of carbonyl (C=O) groups excluding carboxylic acids is 1. The summed E-state index contributed by atoms with van der Waals surface area (Å²) in [6.45, 7) is 6.78. The fourth-order valence-electron chi connectivity index (χ4n) is 2.76. The highest BCUT2D eigenvalue weighted by Gasteiger charge is 2.14. The molecule has 3 heterocycles. The van der Waals surface area contributed by atoms with Gasteiger partial charge in [0.15, 0.2) is 0 Å². The Balaban J connectivity index is 1.41. The Labute approximate surface area is 146 Å². The third-order valence-electron chi connectivity index (χ3n) is 4.11. The fourth-order valence-corrected chi connectivity index (χ4v) is 2.76. The van der Waals surface area contributed by atoms with E-state index in [4.69, 9.17) is 9.15 Å². The SMILES string of the molecule is Cc1cc(-c2nnc(CCC(=O)NCCN3CCOCC3)o2)n(C)n1. The second-order valence-corrected chi connectivity index (χ2v) is 6.10. The number of nitrogens with zero attached hydrogens (tertiary/aromatic N) is 5. The topological polar surface area (TPSA) is 98.3 Å². The molecule has 0 aliphatic carbocycles. The smallest absolute Gasteiger partial charge is 0.265 e. The predicted octanol–water partition coefficient (Wildman–Crippen LogP) is 0.160. The molecule has 25 heavy (non-hydrogen) atoms. The molecule has 2 aromatic rings. The van der Waals surface area contributed by atoms with Crippen molar-refractivity contribution in [1.29, 1.82) is 0 Å². The molecule has 0 spiro atoms. The summed E-state index contributed by atoms with van der Waals surface area (Å²) in [7, 11) is 1.83. The van der Waals surface area contributed by atoms with Crippen LogP contribution in [0.5, 0.6) is 0 Å². The van der Waals surface area contributed by atoms with Crippen LogP contribution in [0.15, 0.2) is 10.5 Å². The van der Waals surface area contributed by atoms with Crippen LogP contribution in [-0.2, 0) is 23.0 Å². The van der Waals surface area contributed by atoms with Crippen molar-refractivity contribution >= 4 is 5.91 Å². The van der Waals surface area contributed by atoms with E-state index in [1.54, 1.807) is 4.68 Å². The summed E-state index contributed by atoms with van der Waals surface area (Å²) in [5, 5.41) is 15.2. The minimum atomic E-state index is -0.00983. The number of hydrogen-bond donors (Lipinski definition) is 1. The van der Waals surface area contributed by atoms with Gasteiger partial charge in [0.05, 0.1) is 18.9 Å². The highest BCUT2D eigenvalue weighted by Crippen LogP contribution is 2.18. The summed E-state index contributed by atoms with van der Waals surface area (Å²) < 4.78 is 12.6. The van der Waals surface area contributed by atoms with Gasteiger partial charge in [-0.3, -0.25) is 14.4 Å². The van der Waals surface area contributed by atoms with E-state index < -0.39 is 0 Å². The normalized spacial score (nSPS) is 15.4. The van der Waals surface area contributed by atoms with Crippen molar-refractivity contribution in [2.24, 2.45) is 7.05 Å². The first-order valence-electron chi connectivity index (χ1n) is 8.52. The van der Waals surface area contributed by atoms with E-state index in [1.807, 2.05) is 20.0 Å². The molecule has 0 atom stereocenters. The number of rotatable bonds is 7. The fraction of sp³-hybridized carbons (Fsp3) is 0.625. The first-order chi connectivity index (χ1) is 12.1. The molecule has 3 rings (SSSR count). The van der Waals surface area contributed by atoms with Gasteiger partial charge in [0, 0.05) is 46.1 Å². The number of carbonyl (C=O) groups is 1. The zero-order chi connectivity index (χ0) is 17.6. The highest BCUT2D eigenvalue weighted by atomic mass is 16.5. The Bertz CT molecular complexity index is 705. The van der Waals surface area contributed by atoms with Crippen molar-refractivity contribution in [3.05, 3.63) is 17.7 Å². The van der Waals surface area contributed by atoms with Crippen LogP contribution in [0, 0.1) is 6.92 Å². The Morgan fingerprint density at radius 3 is 2.84 bits per heavy atom. The number of aryl methyl sites for hydroxylation is 3. The van der Waals surface area contributed by atoms with Crippen molar-refractivity contribution in [3.63, 3.8) is 0 Å². The largest absolute Gasteiger partial charge is 0.419 e. The average molecular weight is 348 g/mol. The van der Waals surface area contributed by atoms with E-state index in [1.165, 1.54) is 0 Å². The Kier molecular flexibility index (Phi) is 5.77. The van der Waals surface area contributed by atoms with Gasteiger partial charge in [-0.1, -0.05) is 0 Å². The van der Waals surface area contributed by atoms with Crippen molar-refractivity contribution in [1.82, 2.24) is 30.2 Å². The van der Waals surface area contributed by atoms with Gasteiger partial charge in [0.1, 0.15) is 5.69 Å². The summed E-state index contributed by atoms with van der Waals surface area (Å²) >= 11 is 0. The minimum Gasteiger partial charge on any atom is -0.419 e. The molecule has 1 aliphatic rings. The second-order valence-electron chi connectivity index (χ2n) is 6.10. The van der Waals surface area contributed by atoms with E-state index in [-0.39, 0.29) is 5.91 Å². The lowest BCUT2D eigenvalue weighted by molar-refractivity contribution is -0.121. The Morgan fingerprint density at radius 1 is 1.32 bits per heavy atom. The summed E-state index contributed by atoms with van der Waals surface area (Å²) in [5.74, 6) is 0.868. The number of ether oxygens (including phenoxy) is 1. The van der Waals surface area contributed by atoms with E-state index in [2.05, 4.69) is 25.5 Å². The quantitative estimate of drug-likeness (QED) is 0.761. The highest BCUT2D eigenvalue weighted by molar-refractivity contribution is 5.76.